The Hall–Kier alpha value is -2.08. The molecule has 0 radical (unpaired) electrons. The minimum atomic E-state index is -0.266. The predicted molar refractivity (Wildman–Crippen MR) is 94.9 cm³/mol. The highest BCUT2D eigenvalue weighted by atomic mass is 35.5. The number of benzene rings is 2. The quantitative estimate of drug-likeness (QED) is 0.690. The number of aromatic nitrogens is 3. The fourth-order valence-corrected chi connectivity index (χ4v) is 3.09. The van der Waals surface area contributed by atoms with E-state index in [0.29, 0.717) is 22.9 Å². The maximum atomic E-state index is 12.6. The number of nitrogen functional groups attached to an aromatic ring is 1. The summed E-state index contributed by atoms with van der Waals surface area (Å²) in [6, 6.07) is 9.88. The van der Waals surface area contributed by atoms with Crippen LogP contribution in [0.5, 0.6) is 0 Å². The van der Waals surface area contributed by atoms with Crippen LogP contribution in [0.1, 0.15) is 21.5 Å². The van der Waals surface area contributed by atoms with Crippen LogP contribution in [-0.2, 0) is 6.54 Å². The molecule has 3 aromatic rings. The van der Waals surface area contributed by atoms with Crippen LogP contribution in [0, 0.1) is 0 Å². The Morgan fingerprint density at radius 2 is 1.71 bits per heavy atom. The van der Waals surface area contributed by atoms with Gasteiger partial charge in [-0.3, -0.25) is 4.79 Å². The number of ketones is 1. The minimum absolute atomic E-state index is 0.252. The van der Waals surface area contributed by atoms with E-state index in [0.717, 1.165) is 5.56 Å². The first-order valence-corrected chi connectivity index (χ1v) is 8.01. The van der Waals surface area contributed by atoms with E-state index < -0.39 is 0 Å². The minimum Gasteiger partial charge on any atom is -0.381 e. The van der Waals surface area contributed by atoms with Crippen LogP contribution in [0.2, 0.25) is 15.1 Å². The van der Waals surface area contributed by atoms with Crippen molar-refractivity contribution >= 4 is 46.4 Å². The highest BCUT2D eigenvalue weighted by molar-refractivity contribution is 6.41. The summed E-state index contributed by atoms with van der Waals surface area (Å²) in [5, 5.41) is 8.66. The molecule has 122 valence electrons. The first-order valence-electron chi connectivity index (χ1n) is 6.88. The van der Waals surface area contributed by atoms with E-state index in [1.807, 2.05) is 0 Å². The monoisotopic (exact) mass is 380 g/mol. The smallest absolute Gasteiger partial charge is 0.196 e. The van der Waals surface area contributed by atoms with Gasteiger partial charge in [0.15, 0.2) is 11.6 Å². The lowest BCUT2D eigenvalue weighted by molar-refractivity contribution is 0.103. The Morgan fingerprint density at radius 1 is 1.08 bits per heavy atom. The first kappa shape index (κ1) is 16.8. The number of halogens is 3. The van der Waals surface area contributed by atoms with Gasteiger partial charge < -0.3 is 5.73 Å². The van der Waals surface area contributed by atoms with Crippen molar-refractivity contribution in [3.05, 3.63) is 74.4 Å². The summed E-state index contributed by atoms with van der Waals surface area (Å²) in [7, 11) is 0. The van der Waals surface area contributed by atoms with E-state index in [-0.39, 0.29) is 21.4 Å². The molecule has 1 heterocycles. The van der Waals surface area contributed by atoms with Crippen LogP contribution < -0.4 is 5.73 Å². The molecule has 0 aliphatic heterocycles. The van der Waals surface area contributed by atoms with E-state index in [2.05, 4.69) is 10.3 Å². The number of anilines is 1. The van der Waals surface area contributed by atoms with Gasteiger partial charge in [0, 0.05) is 10.6 Å². The second kappa shape index (κ2) is 6.81. The van der Waals surface area contributed by atoms with Crippen molar-refractivity contribution in [3.8, 4) is 0 Å². The van der Waals surface area contributed by atoms with Gasteiger partial charge in [-0.15, -0.1) is 5.10 Å². The summed E-state index contributed by atoms with van der Waals surface area (Å²) in [5.74, 6) is 0.0555. The summed E-state index contributed by atoms with van der Waals surface area (Å²) >= 11 is 18.4. The van der Waals surface area contributed by atoms with Crippen molar-refractivity contribution in [1.82, 2.24) is 15.0 Å². The van der Waals surface area contributed by atoms with Crippen molar-refractivity contribution < 1.29 is 4.79 Å². The third-order valence-electron chi connectivity index (χ3n) is 3.34. The topological polar surface area (TPSA) is 73.8 Å². The van der Waals surface area contributed by atoms with Gasteiger partial charge in [0.1, 0.15) is 0 Å². The van der Waals surface area contributed by atoms with E-state index in [1.54, 1.807) is 47.3 Å². The molecule has 0 saturated heterocycles. The Balaban J connectivity index is 1.92. The molecular weight excluding hydrogens is 371 g/mol. The van der Waals surface area contributed by atoms with Gasteiger partial charge in [-0.25, -0.2) is 4.68 Å². The van der Waals surface area contributed by atoms with Crippen LogP contribution in [0.15, 0.2) is 42.6 Å². The van der Waals surface area contributed by atoms with Crippen molar-refractivity contribution in [2.24, 2.45) is 0 Å². The number of hydrogen-bond donors (Lipinski definition) is 1. The van der Waals surface area contributed by atoms with Crippen molar-refractivity contribution in [1.29, 1.82) is 0 Å². The van der Waals surface area contributed by atoms with Gasteiger partial charge in [-0.1, -0.05) is 40.0 Å². The largest absolute Gasteiger partial charge is 0.381 e. The lowest BCUT2D eigenvalue weighted by atomic mass is 10.0. The SMILES string of the molecule is Nc1cn(Cc2cc(Cl)c(C(=O)c3ccc(Cl)cc3)c(Cl)c2)nn1. The van der Waals surface area contributed by atoms with Crippen LogP contribution in [0.25, 0.3) is 0 Å². The molecule has 8 heteroatoms. The number of carbonyl (C=O) groups excluding carboxylic acids is 1. The van der Waals surface area contributed by atoms with E-state index in [1.165, 1.54) is 0 Å². The molecule has 0 unspecified atom stereocenters. The van der Waals surface area contributed by atoms with Crippen molar-refractivity contribution in [2.75, 3.05) is 5.73 Å². The summed E-state index contributed by atoms with van der Waals surface area (Å²) in [6.45, 7) is 0.388. The number of nitrogens with two attached hydrogens (primary N) is 1. The molecule has 0 amide bonds. The maximum Gasteiger partial charge on any atom is 0.196 e. The normalized spacial score (nSPS) is 10.8. The van der Waals surface area contributed by atoms with Crippen LogP contribution in [0.4, 0.5) is 5.82 Å². The molecule has 0 atom stereocenters. The molecule has 0 aliphatic rings. The maximum absolute atomic E-state index is 12.6. The predicted octanol–water partition coefficient (Wildman–Crippen LogP) is 4.10. The summed E-state index contributed by atoms with van der Waals surface area (Å²) in [6.07, 6.45) is 1.59. The van der Waals surface area contributed by atoms with Gasteiger partial charge in [0.2, 0.25) is 0 Å². The molecule has 1 aromatic heterocycles. The molecule has 2 aromatic carbocycles. The average molecular weight is 382 g/mol. The van der Waals surface area contributed by atoms with Gasteiger partial charge >= 0.3 is 0 Å². The third-order valence-corrected chi connectivity index (χ3v) is 4.18. The highest BCUT2D eigenvalue weighted by Gasteiger charge is 2.18. The number of carbonyl (C=O) groups is 1. The number of nitrogens with zero attached hydrogens (tertiary/aromatic N) is 3. The van der Waals surface area contributed by atoms with Gasteiger partial charge in [-0.2, -0.15) is 0 Å². The lowest BCUT2D eigenvalue weighted by Crippen LogP contribution is -2.06. The first-order chi connectivity index (χ1) is 11.4. The van der Waals surface area contributed by atoms with Crippen LogP contribution in [0.3, 0.4) is 0 Å². The summed E-state index contributed by atoms with van der Waals surface area (Å²) in [5.41, 5.74) is 7.02. The van der Waals surface area contributed by atoms with E-state index in [9.17, 15) is 4.79 Å². The average Bonchev–Trinajstić information content (AvgIpc) is 2.92. The number of rotatable bonds is 4. The Labute approximate surface area is 152 Å². The van der Waals surface area contributed by atoms with E-state index in [4.69, 9.17) is 40.5 Å². The molecular formula is C16H11Cl3N4O. The number of hydrogen-bond acceptors (Lipinski definition) is 4. The highest BCUT2D eigenvalue weighted by Crippen LogP contribution is 2.29. The Kier molecular flexibility index (Phi) is 4.76. The Bertz CT molecular complexity index is 883. The molecule has 5 nitrogen and oxygen atoms in total. The molecule has 0 spiro atoms. The molecule has 0 saturated carbocycles. The van der Waals surface area contributed by atoms with Gasteiger partial charge in [-0.05, 0) is 42.0 Å². The summed E-state index contributed by atoms with van der Waals surface area (Å²) in [4.78, 5) is 12.6. The molecule has 3 rings (SSSR count). The Morgan fingerprint density at radius 3 is 2.25 bits per heavy atom. The lowest BCUT2D eigenvalue weighted by Gasteiger charge is -2.10. The molecule has 0 bridgehead atoms. The van der Waals surface area contributed by atoms with Crippen LogP contribution in [-0.4, -0.2) is 20.8 Å². The third kappa shape index (κ3) is 3.53. The second-order valence-corrected chi connectivity index (χ2v) is 6.36. The zero-order valence-corrected chi connectivity index (χ0v) is 14.5. The molecule has 0 aliphatic carbocycles. The van der Waals surface area contributed by atoms with Gasteiger partial charge in [0.25, 0.3) is 0 Å². The van der Waals surface area contributed by atoms with E-state index >= 15 is 0 Å². The zero-order valence-electron chi connectivity index (χ0n) is 12.2. The van der Waals surface area contributed by atoms with Crippen LogP contribution >= 0.6 is 34.8 Å². The fraction of sp³-hybridized carbons (Fsp3) is 0.0625. The molecule has 0 fully saturated rings. The van der Waals surface area contributed by atoms with Crippen molar-refractivity contribution in [2.45, 2.75) is 6.54 Å². The van der Waals surface area contributed by atoms with Crippen molar-refractivity contribution in [3.63, 3.8) is 0 Å². The standard InChI is InChI=1S/C16H11Cl3N4O/c17-11-3-1-10(2-4-11)16(24)15-12(18)5-9(6-13(15)19)7-23-8-14(20)21-22-23/h1-6,8H,7,20H2. The summed E-state index contributed by atoms with van der Waals surface area (Å²) < 4.78 is 1.55. The second-order valence-electron chi connectivity index (χ2n) is 5.11. The fourth-order valence-electron chi connectivity index (χ4n) is 2.26. The van der Waals surface area contributed by atoms with Gasteiger partial charge in [0.05, 0.1) is 28.4 Å². The molecule has 24 heavy (non-hydrogen) atoms. The zero-order chi connectivity index (χ0) is 17.3. The molecule has 2 N–H and O–H groups in total.